The molecule has 3 fully saturated rings. The van der Waals surface area contributed by atoms with E-state index in [1.165, 1.54) is 28.5 Å². The van der Waals surface area contributed by atoms with E-state index in [1.807, 2.05) is 44.2 Å². The van der Waals surface area contributed by atoms with Crippen LogP contribution >= 0.6 is 11.3 Å². The Morgan fingerprint density at radius 3 is 2.71 bits per heavy atom. The van der Waals surface area contributed by atoms with Gasteiger partial charge < -0.3 is 34.9 Å². The van der Waals surface area contributed by atoms with Crippen LogP contribution in [-0.4, -0.2) is 111 Å². The van der Waals surface area contributed by atoms with Crippen LogP contribution in [-0.2, 0) is 30.7 Å². The molecule has 262 valence electrons. The maximum Gasteiger partial charge on any atom is 0.407 e. The molecule has 5 atom stereocenters. The third-order valence-corrected chi connectivity index (χ3v) is 12.0. The number of aliphatic hydroxyl groups excluding tert-OH is 1. The predicted molar refractivity (Wildman–Crippen MR) is 185 cm³/mol. The SMILES string of the molecule is CC(C)CN(C[C@@H](O)[C@H](Cc1ccccc1)NC(=O)O[C@H]1CO[C@H]2OCC[C@H]21)S(=O)(=O)c1ccc2nc(NCCN3CCCC3)sc2c1. The molecule has 3 aliphatic rings. The fraction of sp³-hybridized carbons (Fsp3) is 0.588. The summed E-state index contributed by atoms with van der Waals surface area (Å²) in [6, 6.07) is 13.6. The van der Waals surface area contributed by atoms with Gasteiger partial charge in [-0.15, -0.1) is 0 Å². The highest BCUT2D eigenvalue weighted by molar-refractivity contribution is 7.89. The molecule has 0 bridgehead atoms. The van der Waals surface area contributed by atoms with Crippen molar-refractivity contribution in [1.82, 2.24) is 19.5 Å². The molecule has 0 unspecified atom stereocenters. The van der Waals surface area contributed by atoms with E-state index >= 15 is 0 Å². The maximum atomic E-state index is 14.2. The first kappa shape index (κ1) is 35.0. The molecular weight excluding hydrogens is 655 g/mol. The fourth-order valence-corrected chi connectivity index (χ4v) is 9.31. The molecule has 4 heterocycles. The molecule has 0 spiro atoms. The van der Waals surface area contributed by atoms with Crippen molar-refractivity contribution in [2.45, 2.75) is 69.0 Å². The highest BCUT2D eigenvalue weighted by atomic mass is 32.2. The van der Waals surface area contributed by atoms with Gasteiger partial charge >= 0.3 is 6.09 Å². The van der Waals surface area contributed by atoms with Crippen LogP contribution in [0.4, 0.5) is 9.93 Å². The quantitative estimate of drug-likeness (QED) is 0.214. The highest BCUT2D eigenvalue weighted by Crippen LogP contribution is 2.33. The van der Waals surface area contributed by atoms with Crippen molar-refractivity contribution in [2.24, 2.45) is 11.8 Å². The number of hydrogen-bond donors (Lipinski definition) is 3. The number of rotatable bonds is 15. The summed E-state index contributed by atoms with van der Waals surface area (Å²) in [5, 5.41) is 18.6. The number of alkyl carbamates (subject to hydrolysis) is 1. The zero-order chi connectivity index (χ0) is 33.7. The van der Waals surface area contributed by atoms with Gasteiger partial charge in [0.2, 0.25) is 10.0 Å². The van der Waals surface area contributed by atoms with Crippen molar-refractivity contribution >= 4 is 42.8 Å². The summed E-state index contributed by atoms with van der Waals surface area (Å²) in [6.07, 6.45) is 0.776. The Morgan fingerprint density at radius 2 is 1.94 bits per heavy atom. The number of likely N-dealkylation sites (tertiary alicyclic amines) is 1. The molecule has 14 heteroatoms. The lowest BCUT2D eigenvalue weighted by Crippen LogP contribution is -2.51. The van der Waals surface area contributed by atoms with Gasteiger partial charge in [0.25, 0.3) is 0 Å². The number of anilines is 1. The molecule has 3 saturated heterocycles. The van der Waals surface area contributed by atoms with E-state index in [4.69, 9.17) is 14.2 Å². The Bertz CT molecular complexity index is 1620. The Kier molecular flexibility index (Phi) is 11.5. The van der Waals surface area contributed by atoms with E-state index in [2.05, 4.69) is 20.5 Å². The van der Waals surface area contributed by atoms with Gasteiger partial charge in [-0.05, 0) is 68.5 Å². The molecular formula is C34H47N5O7S2. The topological polar surface area (TPSA) is 143 Å². The highest BCUT2D eigenvalue weighted by Gasteiger charge is 2.44. The molecule has 3 aromatic rings. The number of amides is 1. The lowest BCUT2D eigenvalue weighted by molar-refractivity contribution is -0.0907. The molecule has 1 amide bonds. The minimum atomic E-state index is -4.01. The largest absolute Gasteiger partial charge is 0.443 e. The zero-order valence-corrected chi connectivity index (χ0v) is 29.3. The summed E-state index contributed by atoms with van der Waals surface area (Å²) in [7, 11) is -4.01. The van der Waals surface area contributed by atoms with Gasteiger partial charge in [0.1, 0.15) is 6.10 Å². The number of ether oxygens (including phenoxy) is 3. The zero-order valence-electron chi connectivity index (χ0n) is 27.6. The summed E-state index contributed by atoms with van der Waals surface area (Å²) in [5.41, 5.74) is 1.61. The van der Waals surface area contributed by atoms with Gasteiger partial charge in [0, 0.05) is 26.2 Å². The van der Waals surface area contributed by atoms with E-state index < -0.39 is 34.4 Å². The minimum Gasteiger partial charge on any atom is -0.443 e. The second kappa shape index (κ2) is 15.8. The summed E-state index contributed by atoms with van der Waals surface area (Å²) < 4.78 is 47.3. The van der Waals surface area contributed by atoms with Crippen molar-refractivity contribution in [3.63, 3.8) is 0 Å². The van der Waals surface area contributed by atoms with Crippen LogP contribution in [0.3, 0.4) is 0 Å². The Hall–Kier alpha value is -2.85. The number of fused-ring (bicyclic) bond motifs is 2. The Balaban J connectivity index is 1.16. The van der Waals surface area contributed by atoms with Crippen molar-refractivity contribution in [3.05, 3.63) is 54.1 Å². The van der Waals surface area contributed by atoms with Gasteiger partial charge in [-0.25, -0.2) is 18.2 Å². The van der Waals surface area contributed by atoms with E-state index in [-0.39, 0.29) is 49.1 Å². The smallest absolute Gasteiger partial charge is 0.407 e. The average Bonchev–Trinajstić information content (AvgIpc) is 3.87. The maximum absolute atomic E-state index is 14.2. The fourth-order valence-electron chi connectivity index (χ4n) is 6.65. The number of hydrogen-bond acceptors (Lipinski definition) is 11. The average molecular weight is 702 g/mol. The van der Waals surface area contributed by atoms with E-state index in [9.17, 15) is 18.3 Å². The summed E-state index contributed by atoms with van der Waals surface area (Å²) >= 11 is 1.43. The summed E-state index contributed by atoms with van der Waals surface area (Å²) in [6.45, 7) is 8.63. The summed E-state index contributed by atoms with van der Waals surface area (Å²) in [5.74, 6) is -0.0439. The van der Waals surface area contributed by atoms with Crippen LogP contribution < -0.4 is 10.6 Å². The second-order valence-corrected chi connectivity index (χ2v) is 16.3. The number of nitrogens with zero attached hydrogens (tertiary/aromatic N) is 3. The lowest BCUT2D eigenvalue weighted by Gasteiger charge is -2.31. The number of aliphatic hydroxyl groups is 1. The minimum absolute atomic E-state index is 0.0139. The van der Waals surface area contributed by atoms with Crippen molar-refractivity contribution in [1.29, 1.82) is 0 Å². The number of carbonyl (C=O) groups excluding carboxylic acids is 1. The first-order valence-electron chi connectivity index (χ1n) is 16.9. The van der Waals surface area contributed by atoms with Gasteiger partial charge in [-0.3, -0.25) is 0 Å². The third-order valence-electron chi connectivity index (χ3n) is 9.17. The van der Waals surface area contributed by atoms with Gasteiger partial charge in [0.15, 0.2) is 11.4 Å². The first-order chi connectivity index (χ1) is 23.2. The molecule has 0 aliphatic carbocycles. The van der Waals surface area contributed by atoms with Crippen LogP contribution in [0.2, 0.25) is 0 Å². The molecule has 3 N–H and O–H groups in total. The van der Waals surface area contributed by atoms with E-state index in [1.54, 1.807) is 18.2 Å². The second-order valence-electron chi connectivity index (χ2n) is 13.3. The lowest BCUT2D eigenvalue weighted by atomic mass is 10.0. The number of carbonyl (C=O) groups is 1. The van der Waals surface area contributed by atoms with Crippen LogP contribution in [0.5, 0.6) is 0 Å². The molecule has 2 aromatic carbocycles. The van der Waals surface area contributed by atoms with Crippen molar-refractivity contribution < 1.29 is 32.5 Å². The van der Waals surface area contributed by atoms with Crippen molar-refractivity contribution in [2.75, 3.05) is 57.8 Å². The number of aromatic nitrogens is 1. The van der Waals surface area contributed by atoms with Crippen molar-refractivity contribution in [3.8, 4) is 0 Å². The Labute approximate surface area is 286 Å². The van der Waals surface area contributed by atoms with Gasteiger partial charge in [-0.2, -0.15) is 4.31 Å². The molecule has 1 aromatic heterocycles. The molecule has 0 radical (unpaired) electrons. The standard InChI is InChI=1S/C34H47N5O7S2/c1-23(2)20-39(48(42,43)25-10-11-27-31(19-25)47-33(36-27)35-13-16-38-14-6-7-15-38)21-29(40)28(18-24-8-4-3-5-9-24)37-34(41)46-30-22-45-32-26(30)12-17-44-32/h3-5,8-11,19,23,26,28-30,32,40H,6-7,12-18,20-22H2,1-2H3,(H,35,36)(H,37,41)/t26-,28-,29+,30-,32+/m0/s1. The summed E-state index contributed by atoms with van der Waals surface area (Å²) in [4.78, 5) is 20.4. The number of sulfonamides is 1. The van der Waals surface area contributed by atoms with Crippen LogP contribution in [0.1, 0.15) is 38.7 Å². The third kappa shape index (κ3) is 8.65. The molecule has 3 aliphatic heterocycles. The van der Waals surface area contributed by atoms with E-state index in [0.29, 0.717) is 6.61 Å². The normalized spacial score (nSPS) is 22.7. The van der Waals surface area contributed by atoms with E-state index in [0.717, 1.165) is 53.5 Å². The first-order valence-corrected chi connectivity index (χ1v) is 19.2. The number of thiazole rings is 1. The van der Waals surface area contributed by atoms with Crippen LogP contribution in [0.25, 0.3) is 10.2 Å². The number of nitrogens with one attached hydrogen (secondary N) is 2. The Morgan fingerprint density at radius 1 is 1.15 bits per heavy atom. The molecule has 0 saturated carbocycles. The van der Waals surface area contributed by atoms with Crippen LogP contribution in [0.15, 0.2) is 53.4 Å². The molecule has 12 nitrogen and oxygen atoms in total. The molecule has 6 rings (SSSR count). The predicted octanol–water partition coefficient (Wildman–Crippen LogP) is 3.91. The van der Waals surface area contributed by atoms with Gasteiger partial charge in [-0.1, -0.05) is 55.5 Å². The number of benzene rings is 2. The molecule has 48 heavy (non-hydrogen) atoms. The monoisotopic (exact) mass is 701 g/mol. The van der Waals surface area contributed by atoms with Gasteiger partial charge in [0.05, 0.1) is 46.4 Å². The van der Waals surface area contributed by atoms with Crippen LogP contribution in [0, 0.1) is 11.8 Å².